The molecule has 2 aliphatic rings. The fraction of sp³-hybridized carbons (Fsp3) is 0.938. The van der Waals surface area contributed by atoms with Gasteiger partial charge in [0.2, 0.25) is 5.91 Å². The summed E-state index contributed by atoms with van der Waals surface area (Å²) in [5.74, 6) is 0.154. The van der Waals surface area contributed by atoms with Gasteiger partial charge in [0.05, 0.1) is 6.10 Å². The topological polar surface area (TPSA) is 36.0 Å². The Morgan fingerprint density at radius 1 is 1.05 bits per heavy atom. The first-order chi connectivity index (χ1) is 9.86. The van der Waals surface area contributed by atoms with Crippen molar-refractivity contribution >= 4 is 5.91 Å². The highest BCUT2D eigenvalue weighted by Crippen LogP contribution is 2.21. The fourth-order valence-corrected chi connectivity index (χ4v) is 3.03. The Morgan fingerprint density at radius 3 is 2.14 bits per heavy atom. The second-order valence-corrected chi connectivity index (χ2v) is 7.35. The van der Waals surface area contributed by atoms with Gasteiger partial charge in [0.15, 0.2) is 0 Å². The van der Waals surface area contributed by atoms with E-state index in [9.17, 15) is 4.79 Å². The van der Waals surface area contributed by atoms with Gasteiger partial charge in [-0.25, -0.2) is 0 Å². The average Bonchev–Trinajstić information content (AvgIpc) is 2.45. The van der Waals surface area contributed by atoms with Crippen LogP contribution in [0.1, 0.15) is 33.6 Å². The molecule has 122 valence electrons. The highest BCUT2D eigenvalue weighted by Gasteiger charge is 2.28. The van der Waals surface area contributed by atoms with Crippen molar-refractivity contribution in [3.8, 4) is 0 Å². The van der Waals surface area contributed by atoms with E-state index >= 15 is 0 Å². The molecule has 0 unspecified atom stereocenters. The molecule has 0 saturated carbocycles. The minimum Gasteiger partial charge on any atom is -0.368 e. The number of rotatable bonds is 3. The lowest BCUT2D eigenvalue weighted by atomic mass is 9.99. The summed E-state index contributed by atoms with van der Waals surface area (Å²) in [6.45, 7) is 12.8. The van der Waals surface area contributed by atoms with Crippen LogP contribution < -0.4 is 0 Å². The van der Waals surface area contributed by atoms with Crippen LogP contribution in [0, 0.1) is 0 Å². The van der Waals surface area contributed by atoms with Gasteiger partial charge in [0, 0.05) is 44.8 Å². The number of carbonyl (C=O) groups is 1. The predicted molar refractivity (Wildman–Crippen MR) is 84.4 cm³/mol. The van der Waals surface area contributed by atoms with Gasteiger partial charge in [-0.15, -0.1) is 0 Å². The summed E-state index contributed by atoms with van der Waals surface area (Å²) < 4.78 is 5.85. The summed E-state index contributed by atoms with van der Waals surface area (Å²) in [5.41, 5.74) is 0.237. The van der Waals surface area contributed by atoms with Crippen molar-refractivity contribution in [3.05, 3.63) is 0 Å². The second-order valence-electron chi connectivity index (χ2n) is 7.35. The maximum atomic E-state index is 12.1. The standard InChI is InChI=1S/C16H31N3O2/c1-16(2,3)19-7-5-14(6-8-19)21-13-15(20)18-11-9-17(4)10-12-18/h14H,5-13H2,1-4H3. The zero-order valence-corrected chi connectivity index (χ0v) is 14.1. The maximum absolute atomic E-state index is 12.1. The van der Waals surface area contributed by atoms with E-state index in [0.29, 0.717) is 0 Å². The molecule has 0 atom stereocenters. The summed E-state index contributed by atoms with van der Waals surface area (Å²) in [6, 6.07) is 0. The number of amides is 1. The molecule has 2 fully saturated rings. The summed E-state index contributed by atoms with van der Waals surface area (Å²) in [4.78, 5) is 18.8. The third kappa shape index (κ3) is 4.94. The molecule has 0 N–H and O–H groups in total. The van der Waals surface area contributed by atoms with Crippen molar-refractivity contribution < 1.29 is 9.53 Å². The molecule has 0 aromatic carbocycles. The molecule has 0 aliphatic carbocycles. The highest BCUT2D eigenvalue weighted by molar-refractivity contribution is 5.77. The molecule has 0 radical (unpaired) electrons. The van der Waals surface area contributed by atoms with E-state index in [1.807, 2.05) is 4.90 Å². The zero-order chi connectivity index (χ0) is 15.5. The Bertz CT molecular complexity index is 338. The normalized spacial score (nSPS) is 23.5. The fourth-order valence-electron chi connectivity index (χ4n) is 3.03. The molecular weight excluding hydrogens is 266 g/mol. The third-order valence-electron chi connectivity index (χ3n) is 4.69. The van der Waals surface area contributed by atoms with Crippen molar-refractivity contribution in [2.45, 2.75) is 45.3 Å². The van der Waals surface area contributed by atoms with Crippen LogP contribution in [0.15, 0.2) is 0 Å². The van der Waals surface area contributed by atoms with E-state index < -0.39 is 0 Å². The van der Waals surface area contributed by atoms with E-state index in [-0.39, 0.29) is 24.2 Å². The Hall–Kier alpha value is -0.650. The SMILES string of the molecule is CN1CCN(C(=O)COC2CCN(C(C)(C)C)CC2)CC1. The lowest BCUT2D eigenvalue weighted by molar-refractivity contribution is -0.141. The van der Waals surface area contributed by atoms with Crippen molar-refractivity contribution in [2.75, 3.05) is 52.9 Å². The summed E-state index contributed by atoms with van der Waals surface area (Å²) in [6.07, 6.45) is 2.32. The number of hydrogen-bond acceptors (Lipinski definition) is 4. The smallest absolute Gasteiger partial charge is 0.248 e. The summed E-state index contributed by atoms with van der Waals surface area (Å²) >= 11 is 0. The molecular formula is C16H31N3O2. The predicted octanol–water partition coefficient (Wildman–Crippen LogP) is 1.04. The van der Waals surface area contributed by atoms with Gasteiger partial charge in [-0.3, -0.25) is 9.69 Å². The van der Waals surface area contributed by atoms with Gasteiger partial charge in [-0.1, -0.05) is 0 Å². The van der Waals surface area contributed by atoms with E-state index in [0.717, 1.165) is 52.1 Å². The van der Waals surface area contributed by atoms with Crippen molar-refractivity contribution in [1.29, 1.82) is 0 Å². The lowest BCUT2D eigenvalue weighted by Gasteiger charge is -2.40. The van der Waals surface area contributed by atoms with Gasteiger partial charge in [0.1, 0.15) is 6.61 Å². The molecule has 21 heavy (non-hydrogen) atoms. The number of carbonyl (C=O) groups excluding carboxylic acids is 1. The Balaban J connectivity index is 1.66. The van der Waals surface area contributed by atoms with Gasteiger partial charge in [0.25, 0.3) is 0 Å². The molecule has 0 aromatic heterocycles. The minimum atomic E-state index is 0.154. The van der Waals surface area contributed by atoms with Crippen LogP contribution in [-0.4, -0.2) is 85.2 Å². The number of likely N-dealkylation sites (N-methyl/N-ethyl adjacent to an activating group) is 1. The van der Waals surface area contributed by atoms with Crippen molar-refractivity contribution in [3.63, 3.8) is 0 Å². The first kappa shape index (κ1) is 16.7. The van der Waals surface area contributed by atoms with Gasteiger partial charge < -0.3 is 14.5 Å². The Kier molecular flexibility index (Phi) is 5.63. The van der Waals surface area contributed by atoms with Crippen LogP contribution in [0.4, 0.5) is 0 Å². The molecule has 2 heterocycles. The van der Waals surface area contributed by atoms with Crippen LogP contribution in [-0.2, 0) is 9.53 Å². The molecule has 2 rings (SSSR count). The molecule has 0 spiro atoms. The lowest BCUT2D eigenvalue weighted by Crippen LogP contribution is -2.49. The zero-order valence-electron chi connectivity index (χ0n) is 14.1. The number of likely N-dealkylation sites (tertiary alicyclic amines) is 1. The van der Waals surface area contributed by atoms with Crippen LogP contribution in [0.2, 0.25) is 0 Å². The molecule has 0 aromatic rings. The molecule has 1 amide bonds. The second kappa shape index (κ2) is 7.07. The summed E-state index contributed by atoms with van der Waals surface area (Å²) in [7, 11) is 2.10. The van der Waals surface area contributed by atoms with E-state index in [1.54, 1.807) is 0 Å². The van der Waals surface area contributed by atoms with E-state index in [2.05, 4.69) is 37.6 Å². The number of hydrogen-bond donors (Lipinski definition) is 0. The van der Waals surface area contributed by atoms with E-state index in [1.165, 1.54) is 0 Å². The first-order valence-corrected chi connectivity index (χ1v) is 8.19. The van der Waals surface area contributed by atoms with Gasteiger partial charge >= 0.3 is 0 Å². The van der Waals surface area contributed by atoms with Crippen LogP contribution in [0.3, 0.4) is 0 Å². The minimum absolute atomic E-state index is 0.154. The maximum Gasteiger partial charge on any atom is 0.248 e. The first-order valence-electron chi connectivity index (χ1n) is 8.19. The highest BCUT2D eigenvalue weighted by atomic mass is 16.5. The number of piperazine rings is 1. The number of ether oxygens (including phenoxy) is 1. The molecule has 2 saturated heterocycles. The molecule has 2 aliphatic heterocycles. The van der Waals surface area contributed by atoms with Crippen molar-refractivity contribution in [2.24, 2.45) is 0 Å². The van der Waals surface area contributed by atoms with Gasteiger partial charge in [-0.05, 0) is 40.7 Å². The van der Waals surface area contributed by atoms with Gasteiger partial charge in [-0.2, -0.15) is 0 Å². The average molecular weight is 297 g/mol. The quantitative estimate of drug-likeness (QED) is 0.780. The van der Waals surface area contributed by atoms with Crippen molar-refractivity contribution in [1.82, 2.24) is 14.7 Å². The van der Waals surface area contributed by atoms with Crippen LogP contribution in [0.25, 0.3) is 0 Å². The van der Waals surface area contributed by atoms with E-state index in [4.69, 9.17) is 4.74 Å². The Labute approximate surface area is 129 Å². The largest absolute Gasteiger partial charge is 0.368 e. The molecule has 5 nitrogen and oxygen atoms in total. The Morgan fingerprint density at radius 2 is 1.62 bits per heavy atom. The van der Waals surface area contributed by atoms with Crippen LogP contribution in [0.5, 0.6) is 0 Å². The molecule has 0 bridgehead atoms. The molecule has 5 heteroatoms. The number of piperidine rings is 1. The van der Waals surface area contributed by atoms with Crippen LogP contribution >= 0.6 is 0 Å². The third-order valence-corrected chi connectivity index (χ3v) is 4.69. The number of nitrogens with zero attached hydrogens (tertiary/aromatic N) is 3. The monoisotopic (exact) mass is 297 g/mol. The summed E-state index contributed by atoms with van der Waals surface area (Å²) in [5, 5.41) is 0.